The van der Waals surface area contributed by atoms with E-state index in [2.05, 4.69) is 43.3 Å². The summed E-state index contributed by atoms with van der Waals surface area (Å²) < 4.78 is 0. The van der Waals surface area contributed by atoms with Crippen molar-refractivity contribution in [2.75, 3.05) is 5.33 Å². The Morgan fingerprint density at radius 2 is 1.72 bits per heavy atom. The van der Waals surface area contributed by atoms with E-state index in [1.54, 1.807) is 0 Å². The summed E-state index contributed by atoms with van der Waals surface area (Å²) in [7, 11) is 0. The molecule has 4 rings (SSSR count). The van der Waals surface area contributed by atoms with Gasteiger partial charge in [0.25, 0.3) is 0 Å². The zero-order valence-electron chi connectivity index (χ0n) is 16.4. The van der Waals surface area contributed by atoms with Crippen LogP contribution in [0.15, 0.2) is 12.2 Å². The molecule has 0 spiro atoms. The molecule has 0 heterocycles. The van der Waals surface area contributed by atoms with E-state index in [1.807, 2.05) is 0 Å². The van der Waals surface area contributed by atoms with Crippen LogP contribution in [-0.4, -0.2) is 16.0 Å². The van der Waals surface area contributed by atoms with Gasteiger partial charge in [-0.2, -0.15) is 0 Å². The molecule has 0 unspecified atom stereocenters. The van der Waals surface area contributed by atoms with E-state index in [0.717, 1.165) is 59.6 Å². The molecule has 1 N–H and O–H groups in total. The molecule has 1 nitrogen and oxygen atoms in total. The molecule has 0 aliphatic heterocycles. The van der Waals surface area contributed by atoms with Gasteiger partial charge in [-0.05, 0) is 105 Å². The van der Waals surface area contributed by atoms with Gasteiger partial charge in [0.15, 0.2) is 0 Å². The Hall–Kier alpha value is 0.180. The average Bonchev–Trinajstić information content (AvgIpc) is 2.91. The van der Waals surface area contributed by atoms with Gasteiger partial charge in [0.1, 0.15) is 0 Å². The average molecular weight is 409 g/mol. The van der Waals surface area contributed by atoms with Crippen molar-refractivity contribution >= 4 is 15.9 Å². The van der Waals surface area contributed by atoms with Gasteiger partial charge in [-0.15, -0.1) is 0 Å². The highest BCUT2D eigenvalue weighted by atomic mass is 79.9. The van der Waals surface area contributed by atoms with Gasteiger partial charge in [-0.1, -0.05) is 41.9 Å². The topological polar surface area (TPSA) is 20.2 Å². The molecule has 25 heavy (non-hydrogen) atoms. The lowest BCUT2D eigenvalue weighted by molar-refractivity contribution is -0.117. The number of alkyl halides is 1. The maximum absolute atomic E-state index is 10.6. The van der Waals surface area contributed by atoms with Crippen LogP contribution in [0.2, 0.25) is 0 Å². The first kappa shape index (κ1) is 18.5. The van der Waals surface area contributed by atoms with Gasteiger partial charge in [0, 0.05) is 5.33 Å². The van der Waals surface area contributed by atoms with Crippen LogP contribution >= 0.6 is 15.9 Å². The molecule has 0 bridgehead atoms. The molecular weight excluding hydrogens is 372 g/mol. The van der Waals surface area contributed by atoms with E-state index in [1.165, 1.54) is 44.1 Å². The zero-order valence-corrected chi connectivity index (χ0v) is 18.0. The van der Waals surface area contributed by atoms with Crippen molar-refractivity contribution in [3.05, 3.63) is 12.2 Å². The molecule has 0 aromatic carbocycles. The van der Waals surface area contributed by atoms with Crippen LogP contribution in [-0.2, 0) is 0 Å². The van der Waals surface area contributed by atoms with E-state index >= 15 is 0 Å². The highest BCUT2D eigenvalue weighted by Gasteiger charge is 2.58. The third-order valence-corrected chi connectivity index (χ3v) is 10.0. The minimum Gasteiger partial charge on any atom is -0.390 e. The Kier molecular flexibility index (Phi) is 4.72. The summed E-state index contributed by atoms with van der Waals surface area (Å²) >= 11 is 3.68. The third kappa shape index (κ3) is 2.89. The second-order valence-electron chi connectivity index (χ2n) is 10.7. The van der Waals surface area contributed by atoms with Gasteiger partial charge < -0.3 is 5.11 Å². The number of allylic oxidation sites excluding steroid dienone is 1. The standard InChI is InChI=1S/C23H37BrO/c1-14-11-18-16(17-7-9-22(3,25)12-19(14)17)8-10-23(4)20(15(2)13-24)5-6-21(18)23/h14,16-21,25H,2,5-13H2,1,3-4H3/t14-,16-,17-,18-,19-,20-,21+,22+,23-/m1/s1. The molecule has 4 aliphatic carbocycles. The maximum atomic E-state index is 10.6. The highest BCUT2D eigenvalue weighted by Crippen LogP contribution is 2.66. The fourth-order valence-electron chi connectivity index (χ4n) is 8.16. The third-order valence-electron chi connectivity index (χ3n) is 9.32. The number of hydrogen-bond acceptors (Lipinski definition) is 1. The van der Waals surface area contributed by atoms with E-state index in [0.29, 0.717) is 5.41 Å². The molecule has 0 aromatic rings. The fourth-order valence-corrected chi connectivity index (χ4v) is 8.55. The van der Waals surface area contributed by atoms with Crippen molar-refractivity contribution in [2.24, 2.45) is 46.8 Å². The highest BCUT2D eigenvalue weighted by molar-refractivity contribution is 9.09. The Morgan fingerprint density at radius 1 is 1.04 bits per heavy atom. The normalized spacial score (nSPS) is 55.2. The zero-order chi connectivity index (χ0) is 18.0. The minimum atomic E-state index is -0.405. The number of aliphatic hydroxyl groups is 1. The predicted octanol–water partition coefficient (Wildman–Crippen LogP) is 6.20. The molecule has 4 aliphatic rings. The van der Waals surface area contributed by atoms with Crippen molar-refractivity contribution in [1.82, 2.24) is 0 Å². The van der Waals surface area contributed by atoms with Crippen molar-refractivity contribution in [3.8, 4) is 0 Å². The monoisotopic (exact) mass is 408 g/mol. The van der Waals surface area contributed by atoms with E-state index < -0.39 is 5.60 Å². The smallest absolute Gasteiger partial charge is 0.0622 e. The van der Waals surface area contributed by atoms with Crippen LogP contribution in [0.5, 0.6) is 0 Å². The maximum Gasteiger partial charge on any atom is 0.0622 e. The molecule has 4 fully saturated rings. The molecule has 2 heteroatoms. The second-order valence-corrected chi connectivity index (χ2v) is 11.2. The quantitative estimate of drug-likeness (QED) is 0.425. The van der Waals surface area contributed by atoms with E-state index in [9.17, 15) is 5.11 Å². The molecular formula is C23H37BrO. The number of hydrogen-bond donors (Lipinski definition) is 1. The van der Waals surface area contributed by atoms with Crippen LogP contribution < -0.4 is 0 Å². The molecule has 0 amide bonds. The molecule has 0 radical (unpaired) electrons. The summed E-state index contributed by atoms with van der Waals surface area (Å²) in [4.78, 5) is 0. The fraction of sp³-hybridized carbons (Fsp3) is 0.913. The first-order valence-electron chi connectivity index (χ1n) is 10.7. The van der Waals surface area contributed by atoms with E-state index in [-0.39, 0.29) is 0 Å². The summed E-state index contributed by atoms with van der Waals surface area (Å²) in [6.07, 6.45) is 10.4. The van der Waals surface area contributed by atoms with Crippen molar-refractivity contribution < 1.29 is 5.11 Å². The number of fused-ring (bicyclic) bond motifs is 5. The predicted molar refractivity (Wildman–Crippen MR) is 109 cm³/mol. The van der Waals surface area contributed by atoms with Gasteiger partial charge in [-0.3, -0.25) is 0 Å². The number of halogens is 1. The van der Waals surface area contributed by atoms with Crippen LogP contribution in [0.25, 0.3) is 0 Å². The van der Waals surface area contributed by atoms with Crippen LogP contribution in [0, 0.1) is 46.8 Å². The largest absolute Gasteiger partial charge is 0.390 e. The SMILES string of the molecule is C=C(CBr)[C@H]1CC[C@H]2[C@@H]3C[C@@H](C)[C@H]4C[C@@](C)(O)CC[C@@H]4[C@H]3CC[C@]12C. The molecule has 9 atom stereocenters. The Balaban J connectivity index is 1.58. The summed E-state index contributed by atoms with van der Waals surface area (Å²) in [5.74, 6) is 5.97. The van der Waals surface area contributed by atoms with Crippen molar-refractivity contribution in [3.63, 3.8) is 0 Å². The number of rotatable bonds is 2. The second kappa shape index (κ2) is 6.36. The first-order chi connectivity index (χ1) is 11.8. The summed E-state index contributed by atoms with van der Waals surface area (Å²) in [5.41, 5.74) is 1.54. The first-order valence-corrected chi connectivity index (χ1v) is 11.8. The van der Waals surface area contributed by atoms with Gasteiger partial charge in [-0.25, -0.2) is 0 Å². The van der Waals surface area contributed by atoms with Crippen molar-refractivity contribution in [2.45, 2.75) is 77.7 Å². The lowest BCUT2D eigenvalue weighted by Gasteiger charge is -2.59. The molecule has 4 saturated carbocycles. The van der Waals surface area contributed by atoms with Crippen LogP contribution in [0.3, 0.4) is 0 Å². The summed E-state index contributed by atoms with van der Waals surface area (Å²) in [6, 6.07) is 0. The van der Waals surface area contributed by atoms with Crippen molar-refractivity contribution in [1.29, 1.82) is 0 Å². The van der Waals surface area contributed by atoms with E-state index in [4.69, 9.17) is 0 Å². The molecule has 0 saturated heterocycles. The van der Waals surface area contributed by atoms with Crippen LogP contribution in [0.1, 0.15) is 72.1 Å². The summed E-state index contributed by atoms with van der Waals surface area (Å²) in [6.45, 7) is 11.6. The van der Waals surface area contributed by atoms with Crippen LogP contribution in [0.4, 0.5) is 0 Å². The summed E-state index contributed by atoms with van der Waals surface area (Å²) in [5, 5.41) is 11.6. The molecule has 0 aromatic heterocycles. The Bertz CT molecular complexity index is 540. The van der Waals surface area contributed by atoms with Gasteiger partial charge in [0.05, 0.1) is 5.60 Å². The minimum absolute atomic E-state index is 0.405. The molecule has 142 valence electrons. The Morgan fingerprint density at radius 3 is 2.44 bits per heavy atom. The van der Waals surface area contributed by atoms with Gasteiger partial charge >= 0.3 is 0 Å². The van der Waals surface area contributed by atoms with Gasteiger partial charge in [0.2, 0.25) is 0 Å². The lowest BCUT2D eigenvalue weighted by atomic mass is 9.47. The Labute approximate surface area is 163 Å². The lowest BCUT2D eigenvalue weighted by Crippen LogP contribution is -2.52.